The van der Waals surface area contributed by atoms with Crippen molar-refractivity contribution in [2.75, 3.05) is 12.3 Å². The number of rotatable bonds is 7. The van der Waals surface area contributed by atoms with Gasteiger partial charge in [-0.3, -0.25) is 0 Å². The van der Waals surface area contributed by atoms with Gasteiger partial charge in [0.25, 0.3) is 0 Å². The van der Waals surface area contributed by atoms with E-state index in [1.807, 2.05) is 13.8 Å². The van der Waals surface area contributed by atoms with Crippen LogP contribution in [0, 0.1) is 13.8 Å². The van der Waals surface area contributed by atoms with Gasteiger partial charge >= 0.3 is 0 Å². The zero-order valence-corrected chi connectivity index (χ0v) is 14.6. The van der Waals surface area contributed by atoms with Gasteiger partial charge in [-0.25, -0.2) is 8.42 Å². The molecule has 1 aromatic rings. The van der Waals surface area contributed by atoms with Gasteiger partial charge in [0, 0.05) is 18.3 Å². The number of benzene rings is 1. The summed E-state index contributed by atoms with van der Waals surface area (Å²) in [6, 6.07) is 3.40. The van der Waals surface area contributed by atoms with Crippen LogP contribution in [0.4, 0.5) is 5.69 Å². The van der Waals surface area contributed by atoms with Crippen LogP contribution in [0.3, 0.4) is 0 Å². The Balaban J connectivity index is 3.23. The van der Waals surface area contributed by atoms with E-state index in [4.69, 9.17) is 5.73 Å². The van der Waals surface area contributed by atoms with Gasteiger partial charge in [0.2, 0.25) is 10.0 Å². The van der Waals surface area contributed by atoms with Crippen LogP contribution in [-0.4, -0.2) is 25.3 Å². The third kappa shape index (κ3) is 4.20. The number of nitrogens with zero attached hydrogens (tertiary/aromatic N) is 1. The monoisotopic (exact) mass is 312 g/mol. The van der Waals surface area contributed by atoms with Crippen molar-refractivity contribution in [3.8, 4) is 0 Å². The summed E-state index contributed by atoms with van der Waals surface area (Å²) >= 11 is 0. The summed E-state index contributed by atoms with van der Waals surface area (Å²) in [5.41, 5.74) is 7.83. The molecule has 0 spiro atoms. The summed E-state index contributed by atoms with van der Waals surface area (Å²) in [6.45, 7) is 10.1. The zero-order valence-electron chi connectivity index (χ0n) is 13.8. The molecule has 0 saturated carbocycles. The highest BCUT2D eigenvalue weighted by atomic mass is 32.2. The first kappa shape index (κ1) is 18.0. The van der Waals surface area contributed by atoms with Crippen LogP contribution in [0.25, 0.3) is 0 Å². The van der Waals surface area contributed by atoms with E-state index in [0.29, 0.717) is 28.3 Å². The molecule has 5 heteroatoms. The predicted octanol–water partition coefficient (Wildman–Crippen LogP) is 3.47. The molecule has 0 unspecified atom stereocenters. The van der Waals surface area contributed by atoms with Crippen LogP contribution in [-0.2, 0) is 10.0 Å². The van der Waals surface area contributed by atoms with Crippen LogP contribution in [0.1, 0.15) is 51.2 Å². The largest absolute Gasteiger partial charge is 0.399 e. The molecule has 120 valence electrons. The molecule has 0 fully saturated rings. The highest BCUT2D eigenvalue weighted by Gasteiger charge is 2.29. The lowest BCUT2D eigenvalue weighted by Crippen LogP contribution is -2.38. The number of nitrogens with two attached hydrogens (primary N) is 1. The number of hydrogen-bond donors (Lipinski definition) is 1. The van der Waals surface area contributed by atoms with Crippen LogP contribution in [0.2, 0.25) is 0 Å². The Kier molecular flexibility index (Phi) is 6.23. The van der Waals surface area contributed by atoms with E-state index in [9.17, 15) is 8.42 Å². The van der Waals surface area contributed by atoms with E-state index in [1.165, 1.54) is 0 Å². The van der Waals surface area contributed by atoms with Gasteiger partial charge < -0.3 is 5.73 Å². The van der Waals surface area contributed by atoms with Crippen molar-refractivity contribution < 1.29 is 8.42 Å². The van der Waals surface area contributed by atoms with Crippen LogP contribution < -0.4 is 5.73 Å². The lowest BCUT2D eigenvalue weighted by molar-refractivity contribution is 0.345. The second kappa shape index (κ2) is 7.27. The molecule has 21 heavy (non-hydrogen) atoms. The van der Waals surface area contributed by atoms with Gasteiger partial charge in [0.15, 0.2) is 0 Å². The highest BCUT2D eigenvalue weighted by molar-refractivity contribution is 7.89. The Morgan fingerprint density at radius 1 is 1.14 bits per heavy atom. The Hall–Kier alpha value is -1.07. The standard InChI is InChI=1S/C16H28N2O2S/c1-6-7-8-9-18(12(2)3)21(19,20)16-13(4)10-15(17)11-14(16)5/h10-12H,6-9,17H2,1-5H3. The molecule has 1 rings (SSSR count). The molecule has 0 aliphatic carbocycles. The van der Waals surface area contributed by atoms with Gasteiger partial charge in [0.05, 0.1) is 4.90 Å². The number of sulfonamides is 1. The Bertz CT molecular complexity index is 557. The topological polar surface area (TPSA) is 63.4 Å². The molecule has 0 atom stereocenters. The van der Waals surface area contributed by atoms with Crippen LogP contribution >= 0.6 is 0 Å². The van der Waals surface area contributed by atoms with Gasteiger partial charge in [-0.2, -0.15) is 4.31 Å². The molecule has 0 radical (unpaired) electrons. The summed E-state index contributed by atoms with van der Waals surface area (Å²) < 4.78 is 27.6. The third-order valence-corrected chi connectivity index (χ3v) is 5.99. The summed E-state index contributed by atoms with van der Waals surface area (Å²) in [7, 11) is -3.48. The maximum absolute atomic E-state index is 13.0. The third-order valence-electron chi connectivity index (χ3n) is 3.61. The molecule has 0 aliphatic heterocycles. The lowest BCUT2D eigenvalue weighted by Gasteiger charge is -2.27. The first-order valence-corrected chi connectivity index (χ1v) is 9.04. The fourth-order valence-electron chi connectivity index (χ4n) is 2.68. The smallest absolute Gasteiger partial charge is 0.243 e. The number of hydrogen-bond acceptors (Lipinski definition) is 3. The van der Waals surface area contributed by atoms with E-state index in [1.54, 1.807) is 30.3 Å². The maximum Gasteiger partial charge on any atom is 0.243 e. The van der Waals surface area contributed by atoms with Crippen molar-refractivity contribution in [3.63, 3.8) is 0 Å². The SMILES string of the molecule is CCCCCN(C(C)C)S(=O)(=O)c1c(C)cc(N)cc1C. The Labute approximate surface area is 129 Å². The number of aryl methyl sites for hydroxylation is 2. The minimum Gasteiger partial charge on any atom is -0.399 e. The molecular formula is C16H28N2O2S. The molecule has 0 bridgehead atoms. The highest BCUT2D eigenvalue weighted by Crippen LogP contribution is 2.27. The summed E-state index contributed by atoms with van der Waals surface area (Å²) in [5.74, 6) is 0. The van der Waals surface area contributed by atoms with E-state index < -0.39 is 10.0 Å². The molecule has 0 aromatic heterocycles. The molecule has 0 aliphatic rings. The number of nitrogen functional groups attached to an aromatic ring is 1. The Morgan fingerprint density at radius 3 is 2.10 bits per heavy atom. The maximum atomic E-state index is 13.0. The van der Waals surface area contributed by atoms with E-state index >= 15 is 0 Å². The minimum absolute atomic E-state index is 0.0526. The van der Waals surface area contributed by atoms with Crippen molar-refractivity contribution in [2.45, 2.75) is 64.8 Å². The molecular weight excluding hydrogens is 284 g/mol. The molecule has 0 heterocycles. The van der Waals surface area contributed by atoms with Crippen molar-refractivity contribution in [2.24, 2.45) is 0 Å². The number of unbranched alkanes of at least 4 members (excludes halogenated alkanes) is 2. The first-order chi connectivity index (χ1) is 9.71. The Morgan fingerprint density at radius 2 is 1.67 bits per heavy atom. The second-order valence-corrected chi connectivity index (χ2v) is 7.73. The van der Waals surface area contributed by atoms with Crippen molar-refractivity contribution in [1.29, 1.82) is 0 Å². The average molecular weight is 312 g/mol. The van der Waals surface area contributed by atoms with Gasteiger partial charge in [-0.1, -0.05) is 19.8 Å². The van der Waals surface area contributed by atoms with E-state index in [0.717, 1.165) is 19.3 Å². The quantitative estimate of drug-likeness (QED) is 0.619. The van der Waals surface area contributed by atoms with Crippen molar-refractivity contribution in [3.05, 3.63) is 23.3 Å². The van der Waals surface area contributed by atoms with Gasteiger partial charge in [-0.15, -0.1) is 0 Å². The minimum atomic E-state index is -3.48. The lowest BCUT2D eigenvalue weighted by atomic mass is 10.1. The molecule has 4 nitrogen and oxygen atoms in total. The second-order valence-electron chi connectivity index (χ2n) is 5.90. The number of anilines is 1. The van der Waals surface area contributed by atoms with Crippen LogP contribution in [0.15, 0.2) is 17.0 Å². The predicted molar refractivity (Wildman–Crippen MR) is 88.9 cm³/mol. The fourth-order valence-corrected chi connectivity index (χ4v) is 4.77. The molecule has 0 amide bonds. The first-order valence-electron chi connectivity index (χ1n) is 7.60. The molecule has 2 N–H and O–H groups in total. The van der Waals surface area contributed by atoms with Gasteiger partial charge in [-0.05, 0) is 57.4 Å². The summed E-state index contributed by atoms with van der Waals surface area (Å²) in [6.07, 6.45) is 3.01. The molecule has 0 saturated heterocycles. The average Bonchev–Trinajstić information content (AvgIpc) is 2.31. The summed E-state index contributed by atoms with van der Waals surface area (Å²) in [5, 5.41) is 0. The zero-order chi connectivity index (χ0) is 16.2. The molecule has 1 aromatic carbocycles. The van der Waals surface area contributed by atoms with E-state index in [-0.39, 0.29) is 6.04 Å². The van der Waals surface area contributed by atoms with E-state index in [2.05, 4.69) is 6.92 Å². The normalized spacial score (nSPS) is 12.3. The summed E-state index contributed by atoms with van der Waals surface area (Å²) in [4.78, 5) is 0.405. The van der Waals surface area contributed by atoms with Crippen molar-refractivity contribution >= 4 is 15.7 Å². The van der Waals surface area contributed by atoms with Crippen LogP contribution in [0.5, 0.6) is 0 Å². The van der Waals surface area contributed by atoms with Gasteiger partial charge in [0.1, 0.15) is 0 Å². The fraction of sp³-hybridized carbons (Fsp3) is 0.625. The van der Waals surface area contributed by atoms with Crippen molar-refractivity contribution in [1.82, 2.24) is 4.31 Å².